The number of rotatable bonds is 6. The standard InChI is InChI=1S/C17H16FN3OS/c18-14-5-3-13(4-6-14)12-17(22)19-8-10-21-9-7-15(20-21)16-2-1-11-23-16/h1-7,9,11H,8,10,12H2,(H,19,22). The molecule has 0 saturated carbocycles. The van der Waals surface area contributed by atoms with Crippen LogP contribution in [0.25, 0.3) is 10.6 Å². The van der Waals surface area contributed by atoms with E-state index in [1.54, 1.807) is 23.5 Å². The second-order valence-electron chi connectivity index (χ2n) is 5.09. The van der Waals surface area contributed by atoms with Crippen molar-refractivity contribution in [3.05, 3.63) is 65.4 Å². The molecule has 0 aliphatic heterocycles. The molecule has 0 atom stereocenters. The molecule has 0 spiro atoms. The van der Waals surface area contributed by atoms with Crippen LogP contribution in [-0.4, -0.2) is 22.2 Å². The lowest BCUT2D eigenvalue weighted by Gasteiger charge is -2.05. The predicted octanol–water partition coefficient (Wildman–Crippen LogP) is 3.11. The number of hydrogen-bond donors (Lipinski definition) is 1. The normalized spacial score (nSPS) is 10.7. The van der Waals surface area contributed by atoms with E-state index in [0.29, 0.717) is 13.1 Å². The Hall–Kier alpha value is -2.47. The van der Waals surface area contributed by atoms with Crippen molar-refractivity contribution < 1.29 is 9.18 Å². The number of benzene rings is 1. The molecule has 0 aliphatic carbocycles. The first kappa shape index (κ1) is 15.4. The van der Waals surface area contributed by atoms with Gasteiger partial charge in [-0.3, -0.25) is 9.48 Å². The minimum Gasteiger partial charge on any atom is -0.354 e. The van der Waals surface area contributed by atoms with Crippen LogP contribution >= 0.6 is 11.3 Å². The van der Waals surface area contributed by atoms with Crippen molar-refractivity contribution in [3.8, 4) is 10.6 Å². The van der Waals surface area contributed by atoms with Gasteiger partial charge in [-0.2, -0.15) is 5.10 Å². The van der Waals surface area contributed by atoms with Crippen molar-refractivity contribution in [2.75, 3.05) is 6.54 Å². The van der Waals surface area contributed by atoms with Crippen molar-refractivity contribution in [2.45, 2.75) is 13.0 Å². The lowest BCUT2D eigenvalue weighted by atomic mass is 10.1. The molecule has 23 heavy (non-hydrogen) atoms. The number of halogens is 1. The minimum absolute atomic E-state index is 0.0813. The van der Waals surface area contributed by atoms with Gasteiger partial charge in [0, 0.05) is 12.7 Å². The van der Waals surface area contributed by atoms with Crippen LogP contribution in [0.5, 0.6) is 0 Å². The Morgan fingerprint density at radius 2 is 2.04 bits per heavy atom. The summed E-state index contributed by atoms with van der Waals surface area (Å²) in [5, 5.41) is 9.34. The van der Waals surface area contributed by atoms with E-state index in [1.807, 2.05) is 34.5 Å². The van der Waals surface area contributed by atoms with Gasteiger partial charge in [0.05, 0.1) is 17.8 Å². The summed E-state index contributed by atoms with van der Waals surface area (Å²) in [5.74, 6) is -0.378. The molecule has 0 fully saturated rings. The van der Waals surface area contributed by atoms with E-state index in [4.69, 9.17) is 0 Å². The van der Waals surface area contributed by atoms with Crippen LogP contribution in [0.15, 0.2) is 54.0 Å². The fourth-order valence-electron chi connectivity index (χ4n) is 2.20. The Labute approximate surface area is 137 Å². The molecule has 118 valence electrons. The van der Waals surface area contributed by atoms with Gasteiger partial charge in [0.2, 0.25) is 5.91 Å². The van der Waals surface area contributed by atoms with Gasteiger partial charge in [-0.1, -0.05) is 18.2 Å². The summed E-state index contributed by atoms with van der Waals surface area (Å²) in [5.41, 5.74) is 1.74. The van der Waals surface area contributed by atoms with Gasteiger partial charge in [-0.15, -0.1) is 11.3 Å². The molecule has 6 heteroatoms. The molecule has 2 aromatic heterocycles. The molecule has 1 N–H and O–H groups in total. The number of nitrogens with one attached hydrogen (secondary N) is 1. The Morgan fingerprint density at radius 1 is 1.22 bits per heavy atom. The van der Waals surface area contributed by atoms with E-state index in [-0.39, 0.29) is 18.1 Å². The summed E-state index contributed by atoms with van der Waals surface area (Å²) in [7, 11) is 0. The van der Waals surface area contributed by atoms with Crippen molar-refractivity contribution in [1.29, 1.82) is 0 Å². The van der Waals surface area contributed by atoms with Crippen LogP contribution in [0.1, 0.15) is 5.56 Å². The average Bonchev–Trinajstić information content (AvgIpc) is 3.20. The third kappa shape index (κ3) is 4.26. The zero-order chi connectivity index (χ0) is 16.1. The molecule has 2 heterocycles. The molecular weight excluding hydrogens is 313 g/mol. The van der Waals surface area contributed by atoms with E-state index < -0.39 is 0 Å². The van der Waals surface area contributed by atoms with Crippen molar-refractivity contribution >= 4 is 17.2 Å². The Bertz CT molecular complexity index is 766. The summed E-state index contributed by atoms with van der Waals surface area (Å²) in [6, 6.07) is 11.9. The number of carbonyl (C=O) groups excluding carboxylic acids is 1. The lowest BCUT2D eigenvalue weighted by molar-refractivity contribution is -0.120. The van der Waals surface area contributed by atoms with E-state index in [2.05, 4.69) is 10.4 Å². The number of amides is 1. The Kier molecular flexibility index (Phi) is 4.83. The largest absolute Gasteiger partial charge is 0.354 e. The van der Waals surface area contributed by atoms with E-state index in [0.717, 1.165) is 16.1 Å². The summed E-state index contributed by atoms with van der Waals surface area (Å²) >= 11 is 1.65. The fourth-order valence-corrected chi connectivity index (χ4v) is 2.89. The minimum atomic E-state index is -0.297. The van der Waals surface area contributed by atoms with Gasteiger partial charge >= 0.3 is 0 Å². The maximum atomic E-state index is 12.8. The van der Waals surface area contributed by atoms with E-state index in [9.17, 15) is 9.18 Å². The highest BCUT2D eigenvalue weighted by Crippen LogP contribution is 2.22. The first-order valence-electron chi connectivity index (χ1n) is 7.29. The monoisotopic (exact) mass is 329 g/mol. The van der Waals surface area contributed by atoms with Gasteiger partial charge in [0.25, 0.3) is 0 Å². The average molecular weight is 329 g/mol. The molecule has 1 amide bonds. The Morgan fingerprint density at radius 3 is 2.78 bits per heavy atom. The van der Waals surface area contributed by atoms with Crippen molar-refractivity contribution in [1.82, 2.24) is 15.1 Å². The van der Waals surface area contributed by atoms with Crippen LogP contribution in [0.4, 0.5) is 4.39 Å². The van der Waals surface area contributed by atoms with Gasteiger partial charge in [-0.05, 0) is 35.2 Å². The maximum absolute atomic E-state index is 12.8. The molecule has 3 aromatic rings. The molecular formula is C17H16FN3OS. The van der Waals surface area contributed by atoms with Gasteiger partial charge in [-0.25, -0.2) is 4.39 Å². The topological polar surface area (TPSA) is 46.9 Å². The maximum Gasteiger partial charge on any atom is 0.224 e. The number of nitrogens with zero attached hydrogens (tertiary/aromatic N) is 2. The third-order valence-corrected chi connectivity index (χ3v) is 4.25. The van der Waals surface area contributed by atoms with Crippen LogP contribution in [0, 0.1) is 5.82 Å². The first-order valence-corrected chi connectivity index (χ1v) is 8.17. The van der Waals surface area contributed by atoms with Crippen LogP contribution < -0.4 is 5.32 Å². The number of hydrogen-bond acceptors (Lipinski definition) is 3. The van der Waals surface area contributed by atoms with Gasteiger partial charge < -0.3 is 5.32 Å². The quantitative estimate of drug-likeness (QED) is 0.755. The van der Waals surface area contributed by atoms with E-state index >= 15 is 0 Å². The molecule has 0 bridgehead atoms. The van der Waals surface area contributed by atoms with Crippen LogP contribution in [0.3, 0.4) is 0 Å². The molecule has 0 radical (unpaired) electrons. The van der Waals surface area contributed by atoms with Crippen LogP contribution in [-0.2, 0) is 17.8 Å². The summed E-state index contributed by atoms with van der Waals surface area (Å²) < 4.78 is 14.6. The zero-order valence-corrected chi connectivity index (χ0v) is 13.2. The van der Waals surface area contributed by atoms with E-state index in [1.165, 1.54) is 12.1 Å². The van der Waals surface area contributed by atoms with Gasteiger partial charge in [0.1, 0.15) is 11.5 Å². The Balaban J connectivity index is 1.46. The molecule has 3 rings (SSSR count). The molecule has 4 nitrogen and oxygen atoms in total. The smallest absolute Gasteiger partial charge is 0.224 e. The highest BCUT2D eigenvalue weighted by molar-refractivity contribution is 7.13. The molecule has 1 aromatic carbocycles. The second kappa shape index (κ2) is 7.19. The van der Waals surface area contributed by atoms with Crippen molar-refractivity contribution in [3.63, 3.8) is 0 Å². The zero-order valence-electron chi connectivity index (χ0n) is 12.4. The third-order valence-electron chi connectivity index (χ3n) is 3.36. The predicted molar refractivity (Wildman–Crippen MR) is 88.7 cm³/mol. The highest BCUT2D eigenvalue weighted by Gasteiger charge is 2.05. The molecule has 0 aliphatic rings. The molecule has 0 unspecified atom stereocenters. The SMILES string of the molecule is O=C(Cc1ccc(F)cc1)NCCn1ccc(-c2cccs2)n1. The summed E-state index contributed by atoms with van der Waals surface area (Å²) in [6.45, 7) is 1.12. The number of aromatic nitrogens is 2. The molecule has 0 saturated heterocycles. The summed E-state index contributed by atoms with van der Waals surface area (Å²) in [6.07, 6.45) is 2.15. The lowest BCUT2D eigenvalue weighted by Crippen LogP contribution is -2.28. The number of thiophene rings is 1. The van der Waals surface area contributed by atoms with Crippen LogP contribution in [0.2, 0.25) is 0 Å². The number of carbonyl (C=O) groups is 1. The first-order chi connectivity index (χ1) is 11.2. The second-order valence-corrected chi connectivity index (χ2v) is 6.04. The highest BCUT2D eigenvalue weighted by atomic mass is 32.1. The van der Waals surface area contributed by atoms with Crippen molar-refractivity contribution in [2.24, 2.45) is 0 Å². The van der Waals surface area contributed by atoms with Gasteiger partial charge in [0.15, 0.2) is 0 Å². The fraction of sp³-hybridized carbons (Fsp3) is 0.176. The summed E-state index contributed by atoms with van der Waals surface area (Å²) in [4.78, 5) is 13.0.